The van der Waals surface area contributed by atoms with E-state index in [0.29, 0.717) is 18.0 Å². The predicted octanol–water partition coefficient (Wildman–Crippen LogP) is 1.68. The molecule has 1 atom stereocenters. The maximum Gasteiger partial charge on any atom is 0.308 e. The first-order chi connectivity index (χ1) is 8.11. The number of anilines is 1. The second kappa shape index (κ2) is 7.19. The molecule has 0 spiro atoms. The van der Waals surface area contributed by atoms with Crippen LogP contribution in [0.4, 0.5) is 5.69 Å². The van der Waals surface area contributed by atoms with Crippen molar-refractivity contribution in [1.29, 1.82) is 0 Å². The van der Waals surface area contributed by atoms with E-state index in [0.717, 1.165) is 4.90 Å². The van der Waals surface area contributed by atoms with Crippen molar-refractivity contribution < 1.29 is 14.6 Å². The van der Waals surface area contributed by atoms with Gasteiger partial charge in [0.1, 0.15) is 0 Å². The van der Waals surface area contributed by atoms with Crippen molar-refractivity contribution in [2.45, 2.75) is 24.3 Å². The molecule has 1 aromatic carbocycles. The van der Waals surface area contributed by atoms with Gasteiger partial charge in [0, 0.05) is 16.3 Å². The molecule has 0 heterocycles. The summed E-state index contributed by atoms with van der Waals surface area (Å²) >= 11 is 1.48. The number of aliphatic hydroxyl groups is 1. The van der Waals surface area contributed by atoms with Crippen molar-refractivity contribution in [1.82, 2.24) is 0 Å². The zero-order chi connectivity index (χ0) is 12.7. The van der Waals surface area contributed by atoms with Crippen molar-refractivity contribution in [2.75, 3.05) is 18.1 Å². The molecule has 0 aromatic heterocycles. The fourth-order valence-electron chi connectivity index (χ4n) is 1.23. The van der Waals surface area contributed by atoms with Gasteiger partial charge in [-0.3, -0.25) is 4.79 Å². The Hall–Kier alpha value is -1.20. The molecule has 3 N–H and O–H groups in total. The van der Waals surface area contributed by atoms with Crippen LogP contribution < -0.4 is 5.73 Å². The molecule has 0 saturated heterocycles. The summed E-state index contributed by atoms with van der Waals surface area (Å²) in [4.78, 5) is 12.1. The smallest absolute Gasteiger partial charge is 0.308 e. The highest BCUT2D eigenvalue weighted by molar-refractivity contribution is 7.99. The summed E-state index contributed by atoms with van der Waals surface area (Å²) in [5, 5.41) is 9.62. The van der Waals surface area contributed by atoms with Gasteiger partial charge in [0.2, 0.25) is 0 Å². The van der Waals surface area contributed by atoms with Gasteiger partial charge < -0.3 is 15.6 Å². The van der Waals surface area contributed by atoms with Crippen LogP contribution in [-0.4, -0.2) is 29.5 Å². The molecule has 0 aliphatic carbocycles. The van der Waals surface area contributed by atoms with E-state index in [1.54, 1.807) is 19.1 Å². The van der Waals surface area contributed by atoms with Crippen molar-refractivity contribution in [2.24, 2.45) is 0 Å². The number of ether oxygens (including phenoxy) is 1. The maximum absolute atomic E-state index is 11.1. The molecule has 94 valence electrons. The minimum Gasteiger partial charge on any atom is -0.466 e. The fraction of sp³-hybridized carbons (Fsp3) is 0.417. The lowest BCUT2D eigenvalue weighted by molar-refractivity contribution is -0.144. The van der Waals surface area contributed by atoms with Gasteiger partial charge in [-0.2, -0.15) is 0 Å². The number of rotatable bonds is 6. The highest BCUT2D eigenvalue weighted by atomic mass is 32.2. The highest BCUT2D eigenvalue weighted by Gasteiger charge is 2.11. The summed E-state index contributed by atoms with van der Waals surface area (Å²) in [6.07, 6.45) is -0.646. The molecule has 0 fully saturated rings. The van der Waals surface area contributed by atoms with Crippen LogP contribution in [0.3, 0.4) is 0 Å². The van der Waals surface area contributed by atoms with Crippen LogP contribution in [0.5, 0.6) is 0 Å². The van der Waals surface area contributed by atoms with Crippen molar-refractivity contribution in [3.05, 3.63) is 24.3 Å². The topological polar surface area (TPSA) is 72.5 Å². The maximum atomic E-state index is 11.1. The van der Waals surface area contributed by atoms with Gasteiger partial charge >= 0.3 is 5.97 Å². The van der Waals surface area contributed by atoms with Crippen LogP contribution in [0, 0.1) is 0 Å². The number of nitrogens with two attached hydrogens (primary N) is 1. The number of esters is 1. The Morgan fingerprint density at radius 1 is 1.47 bits per heavy atom. The minimum atomic E-state index is -0.684. The lowest BCUT2D eigenvalue weighted by Gasteiger charge is -2.09. The van der Waals surface area contributed by atoms with Gasteiger partial charge in [0.25, 0.3) is 0 Å². The quantitative estimate of drug-likeness (QED) is 0.459. The van der Waals surface area contributed by atoms with E-state index >= 15 is 0 Å². The van der Waals surface area contributed by atoms with Crippen LogP contribution in [0.1, 0.15) is 13.3 Å². The van der Waals surface area contributed by atoms with Crippen molar-refractivity contribution in [3.63, 3.8) is 0 Å². The molecule has 1 rings (SSSR count). The van der Waals surface area contributed by atoms with E-state index in [9.17, 15) is 9.90 Å². The van der Waals surface area contributed by atoms with Gasteiger partial charge in [-0.15, -0.1) is 11.8 Å². The molecule has 0 bridgehead atoms. The molecule has 1 aromatic rings. The standard InChI is InChI=1S/C12H17NO3S/c1-2-16-12(15)7-10(14)8-17-11-5-3-9(13)4-6-11/h3-6,10,14H,2,7-8,13H2,1H3. The Morgan fingerprint density at radius 2 is 2.12 bits per heavy atom. The third-order valence-electron chi connectivity index (χ3n) is 2.03. The van der Waals surface area contributed by atoms with Crippen molar-refractivity contribution in [3.8, 4) is 0 Å². The molecule has 5 heteroatoms. The van der Waals surface area contributed by atoms with Gasteiger partial charge in [0.15, 0.2) is 0 Å². The van der Waals surface area contributed by atoms with Gasteiger partial charge in [-0.25, -0.2) is 0 Å². The number of benzene rings is 1. The van der Waals surface area contributed by atoms with E-state index < -0.39 is 6.10 Å². The zero-order valence-corrected chi connectivity index (χ0v) is 10.6. The van der Waals surface area contributed by atoms with Crippen molar-refractivity contribution >= 4 is 23.4 Å². The predicted molar refractivity (Wildman–Crippen MR) is 68.8 cm³/mol. The second-order valence-electron chi connectivity index (χ2n) is 3.54. The van der Waals surface area contributed by atoms with Crippen LogP contribution in [0.25, 0.3) is 0 Å². The average molecular weight is 255 g/mol. The first-order valence-electron chi connectivity index (χ1n) is 5.44. The molecule has 4 nitrogen and oxygen atoms in total. The Labute approximate surface area is 105 Å². The first-order valence-corrected chi connectivity index (χ1v) is 6.42. The zero-order valence-electron chi connectivity index (χ0n) is 9.76. The van der Waals surface area contributed by atoms with E-state index in [-0.39, 0.29) is 12.4 Å². The summed E-state index contributed by atoms with van der Waals surface area (Å²) in [6.45, 7) is 2.09. The molecule has 0 aliphatic heterocycles. The second-order valence-corrected chi connectivity index (χ2v) is 4.64. The average Bonchev–Trinajstić information content (AvgIpc) is 2.28. The lowest BCUT2D eigenvalue weighted by atomic mass is 10.3. The van der Waals surface area contributed by atoms with Crippen LogP contribution in [0.2, 0.25) is 0 Å². The minimum absolute atomic E-state index is 0.0375. The number of hydrogen-bond acceptors (Lipinski definition) is 5. The largest absolute Gasteiger partial charge is 0.466 e. The number of aliphatic hydroxyl groups excluding tert-OH is 1. The number of nitrogen functional groups attached to an aromatic ring is 1. The summed E-state index contributed by atoms with van der Waals surface area (Å²) in [5.74, 6) is 0.0980. The van der Waals surface area contributed by atoms with Gasteiger partial charge in [-0.05, 0) is 31.2 Å². The molecule has 17 heavy (non-hydrogen) atoms. The molecular formula is C12H17NO3S. The monoisotopic (exact) mass is 255 g/mol. The Bertz CT molecular complexity index is 353. The Balaban J connectivity index is 2.30. The van der Waals surface area contributed by atoms with E-state index in [1.807, 2.05) is 12.1 Å². The normalized spacial score (nSPS) is 12.1. The summed E-state index contributed by atoms with van der Waals surface area (Å²) < 4.78 is 4.76. The first kappa shape index (κ1) is 13.9. The third-order valence-corrected chi connectivity index (χ3v) is 3.19. The Morgan fingerprint density at radius 3 is 2.71 bits per heavy atom. The van der Waals surface area contributed by atoms with E-state index in [1.165, 1.54) is 11.8 Å². The van der Waals surface area contributed by atoms with Gasteiger partial charge in [-0.1, -0.05) is 0 Å². The molecule has 1 unspecified atom stereocenters. The summed E-state index contributed by atoms with van der Waals surface area (Å²) in [6, 6.07) is 7.38. The molecule has 0 saturated carbocycles. The molecule has 0 radical (unpaired) electrons. The number of carbonyl (C=O) groups excluding carboxylic acids is 1. The third kappa shape index (κ3) is 5.60. The van der Waals surface area contributed by atoms with Gasteiger partial charge in [0.05, 0.1) is 19.1 Å². The molecule has 0 aliphatic rings. The highest BCUT2D eigenvalue weighted by Crippen LogP contribution is 2.20. The lowest BCUT2D eigenvalue weighted by Crippen LogP contribution is -2.17. The fourth-order valence-corrected chi connectivity index (χ4v) is 2.06. The molecular weight excluding hydrogens is 238 g/mol. The number of carbonyl (C=O) groups is 1. The van der Waals surface area contributed by atoms with E-state index in [4.69, 9.17) is 10.5 Å². The van der Waals surface area contributed by atoms with E-state index in [2.05, 4.69) is 0 Å². The van der Waals surface area contributed by atoms with Crippen LogP contribution >= 0.6 is 11.8 Å². The summed E-state index contributed by atoms with van der Waals surface area (Å²) in [7, 11) is 0. The number of hydrogen-bond donors (Lipinski definition) is 2. The number of thioether (sulfide) groups is 1. The van der Waals surface area contributed by atoms with Crippen LogP contribution in [-0.2, 0) is 9.53 Å². The molecule has 0 amide bonds. The SMILES string of the molecule is CCOC(=O)CC(O)CSc1ccc(N)cc1. The summed E-state index contributed by atoms with van der Waals surface area (Å²) in [5.41, 5.74) is 6.27. The van der Waals surface area contributed by atoms with Crippen LogP contribution in [0.15, 0.2) is 29.2 Å². The Kier molecular flexibility index (Phi) is 5.86.